The Hall–Kier alpha value is -0.680. The van der Waals surface area contributed by atoms with Gasteiger partial charge < -0.3 is 0 Å². The summed E-state index contributed by atoms with van der Waals surface area (Å²) in [5, 5.41) is -0.277. The van der Waals surface area contributed by atoms with Crippen molar-refractivity contribution in [2.75, 3.05) is 5.75 Å². The van der Waals surface area contributed by atoms with E-state index in [9.17, 15) is 13.2 Å². The van der Waals surface area contributed by atoms with E-state index in [4.69, 9.17) is 0 Å². The molecule has 3 rings (SSSR count). The van der Waals surface area contributed by atoms with Crippen LogP contribution >= 0.6 is 15.9 Å². The Labute approximate surface area is 127 Å². The van der Waals surface area contributed by atoms with Gasteiger partial charge in [0.1, 0.15) is 0 Å². The second-order valence-electron chi connectivity index (χ2n) is 5.85. The lowest BCUT2D eigenvalue weighted by atomic mass is 9.94. The summed E-state index contributed by atoms with van der Waals surface area (Å²) in [6.45, 7) is 0. The molecule has 0 radical (unpaired) electrons. The number of fused-ring (bicyclic) bond motifs is 1. The molecule has 0 N–H and O–H groups in total. The predicted octanol–water partition coefficient (Wildman–Crippen LogP) is 3.24. The van der Waals surface area contributed by atoms with Crippen LogP contribution in [0.3, 0.4) is 0 Å². The van der Waals surface area contributed by atoms with Gasteiger partial charge in [-0.05, 0) is 43.7 Å². The quantitative estimate of drug-likeness (QED) is 0.764. The van der Waals surface area contributed by atoms with E-state index < -0.39 is 9.84 Å². The number of hydrogen-bond donors (Lipinski definition) is 0. The summed E-state index contributed by atoms with van der Waals surface area (Å²) in [7, 11) is -2.98. The molecule has 108 valence electrons. The first kappa shape index (κ1) is 14.3. The molecule has 3 atom stereocenters. The molecule has 3 unspecified atom stereocenters. The van der Waals surface area contributed by atoms with E-state index in [0.717, 1.165) is 23.7 Å². The third-order valence-corrected chi connectivity index (χ3v) is 7.48. The highest BCUT2D eigenvalue weighted by Gasteiger charge is 2.46. The molecule has 0 amide bonds. The van der Waals surface area contributed by atoms with E-state index in [0.29, 0.717) is 17.7 Å². The molecule has 20 heavy (non-hydrogen) atoms. The summed E-state index contributed by atoms with van der Waals surface area (Å²) in [6.07, 6.45) is 2.96. The normalized spacial score (nSPS) is 31.8. The van der Waals surface area contributed by atoms with Gasteiger partial charge in [0.05, 0.1) is 11.0 Å². The Morgan fingerprint density at radius 2 is 1.85 bits per heavy atom. The largest absolute Gasteiger partial charge is 0.294 e. The van der Waals surface area contributed by atoms with E-state index in [2.05, 4.69) is 15.9 Å². The van der Waals surface area contributed by atoms with Crippen LogP contribution in [-0.2, 0) is 9.84 Å². The summed E-state index contributed by atoms with van der Waals surface area (Å²) < 4.78 is 25.1. The van der Waals surface area contributed by atoms with Crippen LogP contribution in [0.4, 0.5) is 0 Å². The fourth-order valence-corrected chi connectivity index (χ4v) is 6.09. The molecule has 0 spiro atoms. The average Bonchev–Trinajstić information content (AvgIpc) is 2.84. The van der Waals surface area contributed by atoms with E-state index in [1.54, 1.807) is 0 Å². The molecule has 1 aromatic rings. The smallest absolute Gasteiger partial charge is 0.165 e. The van der Waals surface area contributed by atoms with Crippen molar-refractivity contribution in [3.63, 3.8) is 0 Å². The number of carbonyl (C=O) groups is 1. The Morgan fingerprint density at radius 1 is 1.15 bits per heavy atom. The first-order valence-corrected chi connectivity index (χ1v) is 9.49. The molecule has 1 saturated heterocycles. The molecule has 2 fully saturated rings. The van der Waals surface area contributed by atoms with Crippen LogP contribution in [-0.4, -0.2) is 25.2 Å². The van der Waals surface area contributed by atoms with Crippen LogP contribution in [0.5, 0.6) is 0 Å². The topological polar surface area (TPSA) is 51.2 Å². The van der Waals surface area contributed by atoms with E-state index in [-0.39, 0.29) is 22.9 Å². The standard InChI is InChI=1S/C15H17BrO3S/c16-13-5-3-10(4-6-13)15(17)12-8-11-2-1-7-20(18,19)14(11)9-12/h3-6,11-12,14H,1-2,7-9H2. The van der Waals surface area contributed by atoms with Gasteiger partial charge in [-0.15, -0.1) is 0 Å². The van der Waals surface area contributed by atoms with Gasteiger partial charge in [-0.25, -0.2) is 8.42 Å². The van der Waals surface area contributed by atoms with Gasteiger partial charge in [-0.3, -0.25) is 4.79 Å². The first-order valence-electron chi connectivity index (χ1n) is 6.99. The van der Waals surface area contributed by atoms with Crippen molar-refractivity contribution in [3.8, 4) is 0 Å². The zero-order chi connectivity index (χ0) is 14.3. The van der Waals surface area contributed by atoms with Gasteiger partial charge in [-0.1, -0.05) is 28.1 Å². The monoisotopic (exact) mass is 356 g/mol. The molecule has 5 heteroatoms. The number of rotatable bonds is 2. The summed E-state index contributed by atoms with van der Waals surface area (Å²) >= 11 is 3.35. The number of benzene rings is 1. The molecular formula is C15H17BrO3S. The lowest BCUT2D eigenvalue weighted by Crippen LogP contribution is -2.32. The van der Waals surface area contributed by atoms with E-state index in [1.807, 2.05) is 24.3 Å². The zero-order valence-electron chi connectivity index (χ0n) is 11.1. The highest BCUT2D eigenvalue weighted by atomic mass is 79.9. The summed E-state index contributed by atoms with van der Waals surface area (Å²) in [4.78, 5) is 12.5. The summed E-state index contributed by atoms with van der Waals surface area (Å²) in [5.41, 5.74) is 0.689. The van der Waals surface area contributed by atoms with Crippen molar-refractivity contribution in [1.29, 1.82) is 0 Å². The van der Waals surface area contributed by atoms with Crippen LogP contribution in [0.25, 0.3) is 0 Å². The second kappa shape index (κ2) is 5.26. The fourth-order valence-electron chi connectivity index (χ4n) is 3.59. The van der Waals surface area contributed by atoms with Gasteiger partial charge in [0.25, 0.3) is 0 Å². The maximum absolute atomic E-state index is 12.5. The van der Waals surface area contributed by atoms with Gasteiger partial charge in [-0.2, -0.15) is 0 Å². The molecule has 1 aliphatic carbocycles. The minimum Gasteiger partial charge on any atom is -0.294 e. The highest BCUT2D eigenvalue weighted by molar-refractivity contribution is 9.10. The van der Waals surface area contributed by atoms with Crippen LogP contribution in [0.1, 0.15) is 36.0 Å². The van der Waals surface area contributed by atoms with Crippen LogP contribution in [0, 0.1) is 11.8 Å². The SMILES string of the molecule is O=C(c1ccc(Br)cc1)C1CC2CCCS(=O)(=O)C2C1. The Balaban J connectivity index is 1.80. The minimum absolute atomic E-state index is 0.0992. The van der Waals surface area contributed by atoms with Crippen molar-refractivity contribution in [2.24, 2.45) is 11.8 Å². The zero-order valence-corrected chi connectivity index (χ0v) is 13.5. The molecule has 0 bridgehead atoms. The van der Waals surface area contributed by atoms with Crippen LogP contribution < -0.4 is 0 Å². The maximum Gasteiger partial charge on any atom is 0.165 e. The van der Waals surface area contributed by atoms with Gasteiger partial charge in [0, 0.05) is 16.0 Å². The number of Topliss-reactive ketones (excluding diaryl/α,β-unsaturated/α-hetero) is 1. The third-order valence-electron chi connectivity index (χ3n) is 4.59. The summed E-state index contributed by atoms with van der Waals surface area (Å²) in [6, 6.07) is 7.32. The molecular weight excluding hydrogens is 340 g/mol. The highest BCUT2D eigenvalue weighted by Crippen LogP contribution is 2.43. The van der Waals surface area contributed by atoms with Crippen LogP contribution in [0.15, 0.2) is 28.7 Å². The van der Waals surface area contributed by atoms with Crippen molar-refractivity contribution in [1.82, 2.24) is 0 Å². The molecule has 2 aliphatic rings. The lowest BCUT2D eigenvalue weighted by molar-refractivity contribution is 0.0920. The summed E-state index contributed by atoms with van der Waals surface area (Å²) in [5.74, 6) is 0.465. The number of ketones is 1. The van der Waals surface area contributed by atoms with Gasteiger partial charge in [0.2, 0.25) is 0 Å². The maximum atomic E-state index is 12.5. The number of hydrogen-bond acceptors (Lipinski definition) is 3. The minimum atomic E-state index is -2.98. The van der Waals surface area contributed by atoms with Crippen molar-refractivity contribution in [3.05, 3.63) is 34.3 Å². The molecule has 1 saturated carbocycles. The number of sulfone groups is 1. The van der Waals surface area contributed by atoms with Crippen molar-refractivity contribution < 1.29 is 13.2 Å². The number of carbonyl (C=O) groups excluding carboxylic acids is 1. The molecule has 1 aromatic carbocycles. The second-order valence-corrected chi connectivity index (χ2v) is 9.10. The Bertz CT molecular complexity index is 621. The molecule has 1 aliphatic heterocycles. The van der Waals surface area contributed by atoms with Gasteiger partial charge >= 0.3 is 0 Å². The molecule has 1 heterocycles. The molecule has 0 aromatic heterocycles. The van der Waals surface area contributed by atoms with E-state index >= 15 is 0 Å². The van der Waals surface area contributed by atoms with Crippen molar-refractivity contribution in [2.45, 2.75) is 30.9 Å². The van der Waals surface area contributed by atoms with Crippen molar-refractivity contribution >= 4 is 31.6 Å². The predicted molar refractivity (Wildman–Crippen MR) is 81.5 cm³/mol. The average molecular weight is 357 g/mol. The fraction of sp³-hybridized carbons (Fsp3) is 0.533. The van der Waals surface area contributed by atoms with Crippen LogP contribution in [0.2, 0.25) is 0 Å². The van der Waals surface area contributed by atoms with E-state index in [1.165, 1.54) is 0 Å². The third kappa shape index (κ3) is 2.58. The lowest BCUT2D eigenvalue weighted by Gasteiger charge is -2.24. The number of halogens is 1. The van der Waals surface area contributed by atoms with Gasteiger partial charge in [0.15, 0.2) is 15.6 Å². The first-order chi connectivity index (χ1) is 9.47. The Morgan fingerprint density at radius 3 is 2.50 bits per heavy atom. The molecule has 3 nitrogen and oxygen atoms in total. The Kier molecular flexibility index (Phi) is 3.75.